The number of methoxy groups -OCH3 is 1. The first-order valence-electron chi connectivity index (χ1n) is 4.23. The maximum absolute atomic E-state index is 10.9. The third-order valence-corrected chi connectivity index (χ3v) is 2.90. The van der Waals surface area contributed by atoms with Crippen molar-refractivity contribution < 1.29 is 29.6 Å². The van der Waals surface area contributed by atoms with Crippen molar-refractivity contribution >= 4 is 23.3 Å². The number of hydrogen-bond acceptors (Lipinski definition) is 6. The second-order valence-electron chi connectivity index (χ2n) is 2.96. The molecule has 0 spiro atoms. The summed E-state index contributed by atoms with van der Waals surface area (Å²) in [6.07, 6.45) is -3.20. The van der Waals surface area contributed by atoms with Gasteiger partial charge in [-0.1, -0.05) is 0 Å². The minimum Gasteiger partial charge on any atom is -0.478 e. The summed E-state index contributed by atoms with van der Waals surface area (Å²) < 4.78 is 4.25. The molecule has 1 aromatic heterocycles. The van der Waals surface area contributed by atoms with Gasteiger partial charge in [0.2, 0.25) is 0 Å². The average Bonchev–Trinajstić information content (AvgIpc) is 2.75. The van der Waals surface area contributed by atoms with Crippen molar-refractivity contribution in [1.29, 1.82) is 0 Å². The Morgan fingerprint density at radius 2 is 2.06 bits per heavy atom. The van der Waals surface area contributed by atoms with Gasteiger partial charge in [-0.15, -0.1) is 11.3 Å². The highest BCUT2D eigenvalue weighted by molar-refractivity contribution is 7.10. The number of hydrogen-bond donors (Lipinski definition) is 3. The topological polar surface area (TPSA) is 104 Å². The minimum absolute atomic E-state index is 0.00360. The predicted octanol–water partition coefficient (Wildman–Crippen LogP) is 0.0136. The Bertz CT molecular complexity index is 398. The number of carboxylic acids is 1. The Balaban J connectivity index is 2.83. The third-order valence-electron chi connectivity index (χ3n) is 1.90. The summed E-state index contributed by atoms with van der Waals surface area (Å²) in [4.78, 5) is 21.7. The van der Waals surface area contributed by atoms with Gasteiger partial charge >= 0.3 is 11.9 Å². The van der Waals surface area contributed by atoms with Gasteiger partial charge in [0, 0.05) is 10.3 Å². The van der Waals surface area contributed by atoms with Crippen LogP contribution in [0, 0.1) is 0 Å². The van der Waals surface area contributed by atoms with Crippen molar-refractivity contribution in [2.24, 2.45) is 0 Å². The summed E-state index contributed by atoms with van der Waals surface area (Å²) >= 11 is 0.944. The fourth-order valence-corrected chi connectivity index (χ4v) is 1.92. The molecule has 16 heavy (non-hydrogen) atoms. The molecule has 3 N–H and O–H groups in total. The Hall–Kier alpha value is -1.44. The minimum atomic E-state index is -1.72. The van der Waals surface area contributed by atoms with Gasteiger partial charge in [-0.25, -0.2) is 9.59 Å². The molecular formula is C9H10O6S. The van der Waals surface area contributed by atoms with E-state index in [1.807, 2.05) is 0 Å². The summed E-state index contributed by atoms with van der Waals surface area (Å²) in [5.74, 6) is -2.11. The first-order chi connectivity index (χ1) is 7.47. The molecule has 2 unspecified atom stereocenters. The van der Waals surface area contributed by atoms with Crippen LogP contribution in [-0.2, 0) is 9.53 Å². The number of rotatable bonds is 4. The molecule has 0 saturated carbocycles. The quantitative estimate of drug-likeness (QED) is 0.647. The molecule has 0 amide bonds. The summed E-state index contributed by atoms with van der Waals surface area (Å²) in [6, 6.07) is 1.20. The number of carbonyl (C=O) groups is 2. The molecule has 6 nitrogen and oxygen atoms in total. The second kappa shape index (κ2) is 5.06. The number of ether oxygens (including phenoxy) is 1. The number of carbonyl (C=O) groups excluding carboxylic acids is 1. The van der Waals surface area contributed by atoms with E-state index < -0.39 is 24.1 Å². The van der Waals surface area contributed by atoms with E-state index >= 15 is 0 Å². The van der Waals surface area contributed by atoms with E-state index in [0.29, 0.717) is 0 Å². The highest BCUT2D eigenvalue weighted by Crippen LogP contribution is 2.25. The third kappa shape index (κ3) is 2.57. The van der Waals surface area contributed by atoms with Gasteiger partial charge in [0.25, 0.3) is 0 Å². The fourth-order valence-electron chi connectivity index (χ4n) is 1.03. The molecule has 0 aliphatic rings. The zero-order chi connectivity index (χ0) is 12.3. The van der Waals surface area contributed by atoms with Crippen molar-refractivity contribution in [2.45, 2.75) is 12.2 Å². The summed E-state index contributed by atoms with van der Waals surface area (Å²) in [5, 5.41) is 28.8. The summed E-state index contributed by atoms with van der Waals surface area (Å²) in [6.45, 7) is 0. The van der Waals surface area contributed by atoms with Crippen LogP contribution in [0.4, 0.5) is 0 Å². The molecule has 0 aliphatic carbocycles. The van der Waals surface area contributed by atoms with Crippen molar-refractivity contribution in [3.05, 3.63) is 21.9 Å². The van der Waals surface area contributed by atoms with Gasteiger partial charge in [0.05, 0.1) is 12.7 Å². The maximum atomic E-state index is 10.9. The number of aromatic carboxylic acids is 1. The monoisotopic (exact) mass is 246 g/mol. The van der Waals surface area contributed by atoms with E-state index in [1.165, 1.54) is 11.4 Å². The molecular weight excluding hydrogens is 236 g/mol. The highest BCUT2D eigenvalue weighted by Gasteiger charge is 2.28. The molecule has 88 valence electrons. The van der Waals surface area contributed by atoms with Crippen LogP contribution in [0.3, 0.4) is 0 Å². The molecule has 1 heterocycles. The number of aliphatic hydroxyl groups excluding tert-OH is 2. The zero-order valence-corrected chi connectivity index (χ0v) is 9.10. The van der Waals surface area contributed by atoms with Gasteiger partial charge in [0.1, 0.15) is 6.10 Å². The molecule has 0 bridgehead atoms. The normalized spacial score (nSPS) is 14.2. The lowest BCUT2D eigenvalue weighted by atomic mass is 10.1. The molecule has 0 radical (unpaired) electrons. The van der Waals surface area contributed by atoms with Gasteiger partial charge < -0.3 is 20.1 Å². The summed E-state index contributed by atoms with van der Waals surface area (Å²) in [5.41, 5.74) is -0.00360. The van der Waals surface area contributed by atoms with Crippen LogP contribution in [0.25, 0.3) is 0 Å². The van der Waals surface area contributed by atoms with Gasteiger partial charge in [-0.2, -0.15) is 0 Å². The lowest BCUT2D eigenvalue weighted by molar-refractivity contribution is -0.156. The Morgan fingerprint density at radius 3 is 2.50 bits per heavy atom. The van der Waals surface area contributed by atoms with Crippen LogP contribution >= 0.6 is 11.3 Å². The van der Waals surface area contributed by atoms with Gasteiger partial charge in [0.15, 0.2) is 6.10 Å². The first-order valence-corrected chi connectivity index (χ1v) is 5.11. The van der Waals surface area contributed by atoms with Crippen LogP contribution in [-0.4, -0.2) is 40.5 Å². The van der Waals surface area contributed by atoms with Gasteiger partial charge in [-0.3, -0.25) is 0 Å². The van der Waals surface area contributed by atoms with Crippen molar-refractivity contribution in [3.63, 3.8) is 0 Å². The van der Waals surface area contributed by atoms with E-state index in [-0.39, 0.29) is 10.4 Å². The Kier molecular flexibility index (Phi) is 3.99. The molecule has 0 aromatic carbocycles. The van der Waals surface area contributed by atoms with Crippen LogP contribution in [0.5, 0.6) is 0 Å². The van der Waals surface area contributed by atoms with Crippen LogP contribution in [0.1, 0.15) is 21.3 Å². The van der Waals surface area contributed by atoms with Crippen LogP contribution in [0.15, 0.2) is 11.4 Å². The Morgan fingerprint density at radius 1 is 1.44 bits per heavy atom. The van der Waals surface area contributed by atoms with Gasteiger partial charge in [-0.05, 0) is 6.07 Å². The SMILES string of the molecule is COC(=O)C(O)C(O)c1cc(C(=O)O)cs1. The van der Waals surface area contributed by atoms with E-state index in [1.54, 1.807) is 0 Å². The fraction of sp³-hybridized carbons (Fsp3) is 0.333. The van der Waals surface area contributed by atoms with E-state index in [4.69, 9.17) is 5.11 Å². The van der Waals surface area contributed by atoms with Crippen molar-refractivity contribution in [3.8, 4) is 0 Å². The smallest absolute Gasteiger partial charge is 0.337 e. The number of carboxylic acid groups (broad SMARTS) is 1. The molecule has 7 heteroatoms. The van der Waals surface area contributed by atoms with E-state index in [2.05, 4.69) is 4.74 Å². The molecule has 0 aliphatic heterocycles. The summed E-state index contributed by atoms with van der Waals surface area (Å²) in [7, 11) is 1.08. The zero-order valence-electron chi connectivity index (χ0n) is 8.28. The van der Waals surface area contributed by atoms with E-state index in [9.17, 15) is 19.8 Å². The largest absolute Gasteiger partial charge is 0.478 e. The molecule has 1 rings (SSSR count). The molecule has 2 atom stereocenters. The Labute approximate surface area is 94.7 Å². The lowest BCUT2D eigenvalue weighted by Crippen LogP contribution is -2.28. The van der Waals surface area contributed by atoms with Crippen LogP contribution in [0.2, 0.25) is 0 Å². The second-order valence-corrected chi connectivity index (χ2v) is 3.90. The average molecular weight is 246 g/mol. The molecule has 1 aromatic rings. The molecule has 0 fully saturated rings. The maximum Gasteiger partial charge on any atom is 0.337 e. The van der Waals surface area contributed by atoms with Crippen molar-refractivity contribution in [2.75, 3.05) is 7.11 Å². The number of aliphatic hydroxyl groups is 2. The predicted molar refractivity (Wildman–Crippen MR) is 54.3 cm³/mol. The lowest BCUT2D eigenvalue weighted by Gasteiger charge is -2.13. The number of thiophene rings is 1. The van der Waals surface area contributed by atoms with E-state index in [0.717, 1.165) is 18.4 Å². The first kappa shape index (κ1) is 12.6. The van der Waals surface area contributed by atoms with Crippen LogP contribution < -0.4 is 0 Å². The highest BCUT2D eigenvalue weighted by atomic mass is 32.1. The molecule has 0 saturated heterocycles. The number of esters is 1. The standard InChI is InChI=1S/C9H10O6S/c1-15-9(14)7(11)6(10)5-2-4(3-16-5)8(12)13/h2-3,6-7,10-11H,1H3,(H,12,13). The van der Waals surface area contributed by atoms with Crippen molar-refractivity contribution in [1.82, 2.24) is 0 Å².